The minimum Gasteiger partial charge on any atom is -0.354 e. The Morgan fingerprint density at radius 1 is 0.960 bits per heavy atom. The highest BCUT2D eigenvalue weighted by molar-refractivity contribution is 5.44. The summed E-state index contributed by atoms with van der Waals surface area (Å²) >= 11 is 0. The van der Waals surface area contributed by atoms with Crippen molar-refractivity contribution in [3.05, 3.63) is 60.4 Å². The van der Waals surface area contributed by atoms with Gasteiger partial charge in [0.25, 0.3) is 0 Å². The Morgan fingerprint density at radius 2 is 1.80 bits per heavy atom. The van der Waals surface area contributed by atoms with E-state index >= 15 is 0 Å². The molecule has 7 heteroatoms. The van der Waals surface area contributed by atoms with Crippen LogP contribution in [0.1, 0.15) is 11.5 Å². The van der Waals surface area contributed by atoms with Crippen LogP contribution in [0.3, 0.4) is 0 Å². The molecular weight excluding hydrogens is 314 g/mol. The predicted octanol–water partition coefficient (Wildman–Crippen LogP) is 1.69. The zero-order valence-corrected chi connectivity index (χ0v) is 14.3. The quantitative estimate of drug-likeness (QED) is 0.723. The molecule has 1 fully saturated rings. The molecule has 0 amide bonds. The van der Waals surface area contributed by atoms with Gasteiger partial charge in [-0.1, -0.05) is 6.07 Å². The summed E-state index contributed by atoms with van der Waals surface area (Å²) in [5.41, 5.74) is 1.12. The summed E-state index contributed by atoms with van der Waals surface area (Å²) in [6, 6.07) is 9.98. The van der Waals surface area contributed by atoms with Crippen LogP contribution in [0.2, 0.25) is 0 Å². The van der Waals surface area contributed by atoms with E-state index in [0.717, 1.165) is 55.9 Å². The van der Waals surface area contributed by atoms with E-state index in [1.165, 1.54) is 0 Å². The van der Waals surface area contributed by atoms with Crippen molar-refractivity contribution in [2.24, 2.45) is 0 Å². The van der Waals surface area contributed by atoms with Crippen LogP contribution in [-0.2, 0) is 6.54 Å². The minimum absolute atomic E-state index is 0.763. The lowest BCUT2D eigenvalue weighted by Gasteiger charge is -2.35. The van der Waals surface area contributed by atoms with Crippen LogP contribution in [0.25, 0.3) is 5.82 Å². The number of anilines is 1. The van der Waals surface area contributed by atoms with E-state index in [9.17, 15) is 0 Å². The lowest BCUT2D eigenvalue weighted by Crippen LogP contribution is -2.46. The van der Waals surface area contributed by atoms with Crippen molar-refractivity contribution >= 4 is 5.82 Å². The number of aromatic nitrogens is 5. The lowest BCUT2D eigenvalue weighted by molar-refractivity contribution is 0.246. The summed E-state index contributed by atoms with van der Waals surface area (Å²) in [5.74, 6) is 2.54. The molecule has 0 aromatic carbocycles. The van der Waals surface area contributed by atoms with Gasteiger partial charge in [0.15, 0.2) is 5.82 Å². The second-order valence-electron chi connectivity index (χ2n) is 6.17. The van der Waals surface area contributed by atoms with Gasteiger partial charge in [0.1, 0.15) is 11.6 Å². The fourth-order valence-electron chi connectivity index (χ4n) is 3.08. The first-order chi connectivity index (χ1) is 12.3. The Balaban J connectivity index is 1.44. The molecule has 0 saturated carbocycles. The number of nitrogens with zero attached hydrogens (tertiary/aromatic N) is 7. The molecule has 0 N–H and O–H groups in total. The van der Waals surface area contributed by atoms with Crippen molar-refractivity contribution in [2.45, 2.75) is 13.5 Å². The molecule has 0 atom stereocenters. The highest BCUT2D eigenvalue weighted by Gasteiger charge is 2.19. The van der Waals surface area contributed by atoms with Crippen LogP contribution in [0.5, 0.6) is 0 Å². The average molecular weight is 335 g/mol. The third-order valence-electron chi connectivity index (χ3n) is 4.36. The summed E-state index contributed by atoms with van der Waals surface area (Å²) in [6.45, 7) is 6.71. The SMILES string of the molecule is Cc1nc(N2CCN(Cc3ccccn3)CC2)cc(-n2cccn2)n1. The topological polar surface area (TPSA) is 63.0 Å². The van der Waals surface area contributed by atoms with Crippen molar-refractivity contribution in [2.75, 3.05) is 31.1 Å². The van der Waals surface area contributed by atoms with E-state index in [-0.39, 0.29) is 0 Å². The molecule has 1 aliphatic rings. The number of rotatable bonds is 4. The largest absolute Gasteiger partial charge is 0.354 e. The van der Waals surface area contributed by atoms with Gasteiger partial charge < -0.3 is 4.90 Å². The smallest absolute Gasteiger partial charge is 0.159 e. The molecule has 0 bridgehead atoms. The molecule has 25 heavy (non-hydrogen) atoms. The molecule has 7 nitrogen and oxygen atoms in total. The minimum atomic E-state index is 0.763. The summed E-state index contributed by atoms with van der Waals surface area (Å²) in [6.07, 6.45) is 5.51. The zero-order valence-electron chi connectivity index (χ0n) is 14.3. The first-order valence-corrected chi connectivity index (χ1v) is 8.51. The van der Waals surface area contributed by atoms with E-state index in [4.69, 9.17) is 0 Å². The van der Waals surface area contributed by atoms with Crippen LogP contribution < -0.4 is 4.90 Å². The maximum Gasteiger partial charge on any atom is 0.159 e. The fourth-order valence-corrected chi connectivity index (χ4v) is 3.08. The second kappa shape index (κ2) is 6.98. The van der Waals surface area contributed by atoms with E-state index in [2.05, 4.69) is 35.9 Å². The van der Waals surface area contributed by atoms with Gasteiger partial charge in [0, 0.05) is 57.4 Å². The van der Waals surface area contributed by atoms with Crippen LogP contribution in [0, 0.1) is 6.92 Å². The Bertz CT molecular complexity index is 809. The molecule has 0 radical (unpaired) electrons. The predicted molar refractivity (Wildman–Crippen MR) is 95.6 cm³/mol. The molecule has 128 valence electrons. The molecule has 1 saturated heterocycles. The van der Waals surface area contributed by atoms with E-state index < -0.39 is 0 Å². The van der Waals surface area contributed by atoms with Gasteiger partial charge in [0.05, 0.1) is 5.69 Å². The Hall–Kier alpha value is -2.80. The first-order valence-electron chi connectivity index (χ1n) is 8.51. The van der Waals surface area contributed by atoms with Crippen molar-refractivity contribution in [1.29, 1.82) is 0 Å². The van der Waals surface area contributed by atoms with Crippen molar-refractivity contribution in [3.8, 4) is 5.82 Å². The van der Waals surface area contributed by atoms with Crippen molar-refractivity contribution in [3.63, 3.8) is 0 Å². The highest BCUT2D eigenvalue weighted by atomic mass is 15.3. The summed E-state index contributed by atoms with van der Waals surface area (Å²) in [7, 11) is 0. The molecule has 1 aliphatic heterocycles. The van der Waals surface area contributed by atoms with Gasteiger partial charge in [-0.3, -0.25) is 9.88 Å². The molecule has 0 aliphatic carbocycles. The van der Waals surface area contributed by atoms with Gasteiger partial charge in [-0.2, -0.15) is 5.10 Å². The number of aryl methyl sites for hydroxylation is 1. The van der Waals surface area contributed by atoms with Crippen LogP contribution in [-0.4, -0.2) is 55.8 Å². The lowest BCUT2D eigenvalue weighted by atomic mass is 10.2. The Labute approximate surface area is 147 Å². The third kappa shape index (κ3) is 3.66. The van der Waals surface area contributed by atoms with Crippen LogP contribution in [0.4, 0.5) is 5.82 Å². The second-order valence-corrected chi connectivity index (χ2v) is 6.17. The summed E-state index contributed by atoms with van der Waals surface area (Å²) < 4.78 is 1.77. The van der Waals surface area contributed by atoms with Gasteiger partial charge in [-0.25, -0.2) is 14.6 Å². The van der Waals surface area contributed by atoms with E-state index in [0.29, 0.717) is 0 Å². The number of pyridine rings is 1. The first kappa shape index (κ1) is 15.7. The maximum absolute atomic E-state index is 4.62. The molecular formula is C18H21N7. The Kier molecular flexibility index (Phi) is 4.39. The number of piperazine rings is 1. The standard InChI is InChI=1S/C18H21N7/c1-15-21-17(13-18(22-15)25-8-4-7-20-25)24-11-9-23(10-12-24)14-16-5-2-3-6-19-16/h2-8,13H,9-12,14H2,1H3. The van der Waals surface area contributed by atoms with Gasteiger partial charge in [0.2, 0.25) is 0 Å². The molecule has 3 aromatic rings. The monoisotopic (exact) mass is 335 g/mol. The van der Waals surface area contributed by atoms with Crippen molar-refractivity contribution in [1.82, 2.24) is 29.6 Å². The molecule has 4 rings (SSSR count). The van der Waals surface area contributed by atoms with Gasteiger partial charge in [-0.05, 0) is 25.1 Å². The van der Waals surface area contributed by atoms with Crippen LogP contribution >= 0.6 is 0 Å². The zero-order chi connectivity index (χ0) is 17.1. The normalized spacial score (nSPS) is 15.5. The number of hydrogen-bond acceptors (Lipinski definition) is 6. The molecule has 0 unspecified atom stereocenters. The molecule has 4 heterocycles. The summed E-state index contributed by atoms with van der Waals surface area (Å²) in [4.78, 5) is 18.3. The summed E-state index contributed by atoms with van der Waals surface area (Å²) in [5, 5.41) is 4.27. The number of hydrogen-bond donors (Lipinski definition) is 0. The third-order valence-corrected chi connectivity index (χ3v) is 4.36. The van der Waals surface area contributed by atoms with Crippen LogP contribution in [0.15, 0.2) is 48.9 Å². The Morgan fingerprint density at radius 3 is 2.52 bits per heavy atom. The molecule has 0 spiro atoms. The maximum atomic E-state index is 4.62. The highest BCUT2D eigenvalue weighted by Crippen LogP contribution is 2.17. The fraction of sp³-hybridized carbons (Fsp3) is 0.333. The molecule has 3 aromatic heterocycles. The van der Waals surface area contributed by atoms with Gasteiger partial charge >= 0.3 is 0 Å². The van der Waals surface area contributed by atoms with E-state index in [1.54, 1.807) is 10.9 Å². The average Bonchev–Trinajstić information content (AvgIpc) is 3.17. The van der Waals surface area contributed by atoms with E-state index in [1.807, 2.05) is 43.6 Å². The van der Waals surface area contributed by atoms with Crippen molar-refractivity contribution < 1.29 is 0 Å². The van der Waals surface area contributed by atoms with Gasteiger partial charge in [-0.15, -0.1) is 0 Å².